The van der Waals surface area contributed by atoms with Gasteiger partial charge in [0.15, 0.2) is 5.13 Å². The third-order valence-electron chi connectivity index (χ3n) is 2.74. The Morgan fingerprint density at radius 1 is 1.32 bits per heavy atom. The highest BCUT2D eigenvalue weighted by Crippen LogP contribution is 2.17. The highest BCUT2D eigenvalue weighted by atomic mass is 32.1. The lowest BCUT2D eigenvalue weighted by molar-refractivity contribution is -0.116. The molecule has 2 N–H and O–H groups in total. The minimum absolute atomic E-state index is 0.0150. The predicted molar refractivity (Wildman–Crippen MR) is 81.0 cm³/mol. The number of nitrogens with two attached hydrogens (primary N) is 1. The Kier molecular flexibility index (Phi) is 3.97. The van der Waals surface area contributed by atoms with Gasteiger partial charge in [-0.25, -0.2) is 4.98 Å². The highest BCUT2D eigenvalue weighted by Gasteiger charge is 2.03. The van der Waals surface area contributed by atoms with Crippen molar-refractivity contribution in [3.8, 4) is 0 Å². The number of amides is 1. The topological polar surface area (TPSA) is 59.2 Å². The summed E-state index contributed by atoms with van der Waals surface area (Å²) in [6, 6.07) is 7.75. The van der Waals surface area contributed by atoms with E-state index in [1.54, 1.807) is 18.9 Å². The van der Waals surface area contributed by atoms with Gasteiger partial charge in [-0.3, -0.25) is 4.79 Å². The van der Waals surface area contributed by atoms with Gasteiger partial charge in [0.2, 0.25) is 5.91 Å². The molecule has 0 spiro atoms. The van der Waals surface area contributed by atoms with Crippen molar-refractivity contribution in [2.45, 2.75) is 6.92 Å². The lowest BCUT2D eigenvalue weighted by atomic mass is 10.2. The standard InChI is InChI=1S/C14H15N3OS/c1-10(18)17(2)13-7-4-11(5-8-13)3-6-12-9-19-14(15)16-12/h3-9H,1-2H3,(H2,15,16). The van der Waals surface area contributed by atoms with Crippen LogP contribution >= 0.6 is 11.3 Å². The Labute approximate surface area is 116 Å². The second-order valence-electron chi connectivity index (χ2n) is 4.11. The van der Waals surface area contributed by atoms with Crippen molar-refractivity contribution in [1.82, 2.24) is 4.98 Å². The maximum absolute atomic E-state index is 11.2. The molecule has 19 heavy (non-hydrogen) atoms. The quantitative estimate of drug-likeness (QED) is 0.935. The van der Waals surface area contributed by atoms with E-state index in [9.17, 15) is 4.79 Å². The second kappa shape index (κ2) is 5.67. The minimum atomic E-state index is 0.0150. The molecule has 0 fully saturated rings. The number of nitrogens with zero attached hydrogens (tertiary/aromatic N) is 2. The van der Waals surface area contributed by atoms with Gasteiger partial charge < -0.3 is 10.6 Å². The first-order chi connectivity index (χ1) is 9.06. The van der Waals surface area contributed by atoms with Crippen LogP contribution in [0.2, 0.25) is 0 Å². The Hall–Kier alpha value is -2.14. The summed E-state index contributed by atoms with van der Waals surface area (Å²) in [7, 11) is 1.76. The summed E-state index contributed by atoms with van der Waals surface area (Å²) < 4.78 is 0. The predicted octanol–water partition coefficient (Wildman–Crippen LogP) is 2.88. The molecule has 0 radical (unpaired) electrons. The number of benzene rings is 1. The van der Waals surface area contributed by atoms with E-state index < -0.39 is 0 Å². The summed E-state index contributed by atoms with van der Waals surface area (Å²) >= 11 is 1.42. The molecule has 0 saturated heterocycles. The van der Waals surface area contributed by atoms with Crippen LogP contribution in [-0.4, -0.2) is 17.9 Å². The van der Waals surface area contributed by atoms with Gasteiger partial charge in [-0.1, -0.05) is 18.2 Å². The number of carbonyl (C=O) groups is 1. The number of carbonyl (C=O) groups excluding carboxylic acids is 1. The van der Waals surface area contributed by atoms with Crippen molar-refractivity contribution in [3.63, 3.8) is 0 Å². The van der Waals surface area contributed by atoms with Crippen LogP contribution in [0.3, 0.4) is 0 Å². The molecule has 98 valence electrons. The molecule has 0 aliphatic rings. The van der Waals surface area contributed by atoms with Gasteiger partial charge in [-0.2, -0.15) is 0 Å². The molecule has 0 bridgehead atoms. The third-order valence-corrected chi connectivity index (χ3v) is 3.43. The van der Waals surface area contributed by atoms with Crippen LogP contribution in [0.4, 0.5) is 10.8 Å². The van der Waals surface area contributed by atoms with Crippen LogP contribution in [0.25, 0.3) is 12.2 Å². The van der Waals surface area contributed by atoms with Crippen molar-refractivity contribution in [1.29, 1.82) is 0 Å². The number of aromatic nitrogens is 1. The van der Waals surface area contributed by atoms with E-state index in [1.165, 1.54) is 11.3 Å². The van der Waals surface area contributed by atoms with Crippen LogP contribution < -0.4 is 10.6 Å². The average molecular weight is 273 g/mol. The molecular weight excluding hydrogens is 258 g/mol. The number of nitrogen functional groups attached to an aromatic ring is 1. The van der Waals surface area contributed by atoms with Gasteiger partial charge in [0, 0.05) is 25.0 Å². The normalized spacial score (nSPS) is 10.8. The van der Waals surface area contributed by atoms with Crippen LogP contribution in [-0.2, 0) is 4.79 Å². The Morgan fingerprint density at radius 3 is 2.53 bits per heavy atom. The van der Waals surface area contributed by atoms with Crippen molar-refractivity contribution < 1.29 is 4.79 Å². The lowest BCUT2D eigenvalue weighted by Gasteiger charge is -2.14. The fourth-order valence-corrected chi connectivity index (χ4v) is 2.08. The van der Waals surface area contributed by atoms with E-state index in [2.05, 4.69) is 4.98 Å². The van der Waals surface area contributed by atoms with Gasteiger partial charge in [0.1, 0.15) is 0 Å². The zero-order valence-electron chi connectivity index (χ0n) is 10.8. The summed E-state index contributed by atoms with van der Waals surface area (Å²) in [6.45, 7) is 1.54. The highest BCUT2D eigenvalue weighted by molar-refractivity contribution is 7.13. The maximum atomic E-state index is 11.2. The number of thiazole rings is 1. The second-order valence-corrected chi connectivity index (χ2v) is 5.00. The van der Waals surface area contributed by atoms with E-state index in [-0.39, 0.29) is 5.91 Å². The molecule has 4 nitrogen and oxygen atoms in total. The summed E-state index contributed by atoms with van der Waals surface area (Å²) in [5, 5.41) is 2.47. The molecular formula is C14H15N3OS. The molecule has 0 saturated carbocycles. The van der Waals surface area contributed by atoms with Gasteiger partial charge in [0.25, 0.3) is 0 Å². The minimum Gasteiger partial charge on any atom is -0.375 e. The van der Waals surface area contributed by atoms with Crippen LogP contribution in [0.1, 0.15) is 18.2 Å². The molecule has 0 atom stereocenters. The van der Waals surface area contributed by atoms with E-state index in [0.29, 0.717) is 5.13 Å². The van der Waals surface area contributed by atoms with Gasteiger partial charge >= 0.3 is 0 Å². The summed E-state index contributed by atoms with van der Waals surface area (Å²) in [6.07, 6.45) is 3.88. The van der Waals surface area contributed by atoms with E-state index in [0.717, 1.165) is 16.9 Å². The summed E-state index contributed by atoms with van der Waals surface area (Å²) in [5.74, 6) is 0.0150. The average Bonchev–Trinajstić information content (AvgIpc) is 2.82. The molecule has 0 unspecified atom stereocenters. The van der Waals surface area contributed by atoms with Gasteiger partial charge in [-0.15, -0.1) is 11.3 Å². The van der Waals surface area contributed by atoms with Crippen molar-refractivity contribution in [3.05, 3.63) is 40.9 Å². The monoisotopic (exact) mass is 273 g/mol. The molecule has 0 aliphatic heterocycles. The number of hydrogen-bond donors (Lipinski definition) is 1. The fraction of sp³-hybridized carbons (Fsp3) is 0.143. The third kappa shape index (κ3) is 3.42. The maximum Gasteiger partial charge on any atom is 0.223 e. The molecule has 5 heteroatoms. The largest absolute Gasteiger partial charge is 0.375 e. The summed E-state index contributed by atoms with van der Waals surface area (Å²) in [4.78, 5) is 17.0. The van der Waals surface area contributed by atoms with Gasteiger partial charge in [0.05, 0.1) is 5.69 Å². The number of hydrogen-bond acceptors (Lipinski definition) is 4. The first-order valence-electron chi connectivity index (χ1n) is 5.79. The molecule has 0 aliphatic carbocycles. The lowest BCUT2D eigenvalue weighted by Crippen LogP contribution is -2.22. The van der Waals surface area contributed by atoms with E-state index >= 15 is 0 Å². The molecule has 2 rings (SSSR count). The number of rotatable bonds is 3. The SMILES string of the molecule is CC(=O)N(C)c1ccc(C=Cc2csc(N)n2)cc1. The molecule has 1 aromatic carbocycles. The van der Waals surface area contributed by atoms with Crippen LogP contribution in [0, 0.1) is 0 Å². The molecule has 1 heterocycles. The Morgan fingerprint density at radius 2 is 2.00 bits per heavy atom. The first-order valence-corrected chi connectivity index (χ1v) is 6.67. The molecule has 1 aromatic heterocycles. The van der Waals surface area contributed by atoms with Crippen molar-refractivity contribution >= 4 is 40.2 Å². The fourth-order valence-electron chi connectivity index (χ4n) is 1.55. The molecule has 2 aromatic rings. The Balaban J connectivity index is 2.10. The van der Waals surface area contributed by atoms with E-state index in [4.69, 9.17) is 5.73 Å². The zero-order valence-corrected chi connectivity index (χ0v) is 11.6. The zero-order chi connectivity index (χ0) is 13.8. The first kappa shape index (κ1) is 13.3. The van der Waals surface area contributed by atoms with Gasteiger partial charge in [-0.05, 0) is 23.8 Å². The number of anilines is 2. The smallest absolute Gasteiger partial charge is 0.223 e. The van der Waals surface area contributed by atoms with Crippen LogP contribution in [0.5, 0.6) is 0 Å². The van der Waals surface area contributed by atoms with E-state index in [1.807, 2.05) is 41.8 Å². The van der Waals surface area contributed by atoms with Crippen molar-refractivity contribution in [2.24, 2.45) is 0 Å². The van der Waals surface area contributed by atoms with Crippen molar-refractivity contribution in [2.75, 3.05) is 17.7 Å². The molecule has 1 amide bonds. The Bertz CT molecular complexity index is 601. The van der Waals surface area contributed by atoms with Crippen LogP contribution in [0.15, 0.2) is 29.6 Å². The summed E-state index contributed by atoms with van der Waals surface area (Å²) in [5.41, 5.74) is 8.34.